The first-order valence-electron chi connectivity index (χ1n) is 2.56. The summed E-state index contributed by atoms with van der Waals surface area (Å²) >= 11 is 0. The zero-order valence-electron chi connectivity index (χ0n) is 5.13. The maximum atomic E-state index is 10.4. The average Bonchev–Trinajstić information content (AvgIpc) is 1.89. The van der Waals surface area contributed by atoms with Gasteiger partial charge >= 0.3 is 0 Å². The standard InChI is InChI=1S/C5H8N2O2/c1-2-5(9)7-3-6-4-8/h3-4H,2H2,1H3,(H,6,7,8,9). The fourth-order valence-electron chi connectivity index (χ4n) is 0.242. The zero-order chi connectivity index (χ0) is 7.11. The normalized spacial score (nSPS) is 9.44. The second-order valence-corrected chi connectivity index (χ2v) is 1.30. The Morgan fingerprint density at radius 2 is 2.44 bits per heavy atom. The van der Waals surface area contributed by atoms with E-state index in [-0.39, 0.29) is 5.91 Å². The Balaban J connectivity index is 3.37. The van der Waals surface area contributed by atoms with E-state index in [4.69, 9.17) is 0 Å². The molecule has 9 heavy (non-hydrogen) atoms. The molecule has 1 N–H and O–H groups in total. The van der Waals surface area contributed by atoms with Gasteiger partial charge < -0.3 is 5.32 Å². The van der Waals surface area contributed by atoms with Crippen LogP contribution in [0.2, 0.25) is 0 Å². The van der Waals surface area contributed by atoms with E-state index in [9.17, 15) is 9.59 Å². The molecule has 0 radical (unpaired) electrons. The maximum Gasteiger partial charge on any atom is 0.234 e. The molecule has 4 heteroatoms. The summed E-state index contributed by atoms with van der Waals surface area (Å²) in [6, 6.07) is 0. The van der Waals surface area contributed by atoms with E-state index in [1.165, 1.54) is 0 Å². The van der Waals surface area contributed by atoms with Crippen LogP contribution in [0.4, 0.5) is 0 Å². The van der Waals surface area contributed by atoms with Crippen LogP contribution in [0.3, 0.4) is 0 Å². The fraction of sp³-hybridized carbons (Fsp3) is 0.400. The van der Waals surface area contributed by atoms with Gasteiger partial charge in [-0.15, -0.1) is 0 Å². The van der Waals surface area contributed by atoms with Crippen LogP contribution in [0.15, 0.2) is 4.99 Å². The van der Waals surface area contributed by atoms with Gasteiger partial charge in [-0.1, -0.05) is 6.92 Å². The van der Waals surface area contributed by atoms with E-state index < -0.39 is 0 Å². The number of nitrogens with zero attached hydrogens (tertiary/aromatic N) is 1. The molecule has 4 nitrogen and oxygen atoms in total. The fourth-order valence-corrected chi connectivity index (χ4v) is 0.242. The van der Waals surface area contributed by atoms with Crippen LogP contribution in [-0.2, 0) is 9.59 Å². The molecule has 0 bridgehead atoms. The lowest BCUT2D eigenvalue weighted by Gasteiger charge is -1.89. The molecular formula is C5H8N2O2. The number of amides is 2. The van der Waals surface area contributed by atoms with Crippen molar-refractivity contribution in [3.05, 3.63) is 0 Å². The molecule has 0 aromatic heterocycles. The first-order chi connectivity index (χ1) is 4.31. The number of hydrogen-bond donors (Lipinski definition) is 1. The smallest absolute Gasteiger partial charge is 0.234 e. The summed E-state index contributed by atoms with van der Waals surface area (Å²) in [5.74, 6) is -0.152. The van der Waals surface area contributed by atoms with E-state index in [0.29, 0.717) is 12.8 Å². The number of carbonyl (C=O) groups excluding carboxylic acids is 2. The molecule has 0 spiro atoms. The Morgan fingerprint density at radius 3 is 2.89 bits per heavy atom. The van der Waals surface area contributed by atoms with Crippen molar-refractivity contribution < 1.29 is 9.59 Å². The van der Waals surface area contributed by atoms with Gasteiger partial charge in [-0.25, -0.2) is 4.99 Å². The van der Waals surface area contributed by atoms with Crippen molar-refractivity contribution in [1.29, 1.82) is 0 Å². The number of rotatable bonds is 3. The summed E-state index contributed by atoms with van der Waals surface area (Å²) in [5.41, 5.74) is 0. The number of hydrogen-bond acceptors (Lipinski definition) is 2. The van der Waals surface area contributed by atoms with Gasteiger partial charge in [0.1, 0.15) is 0 Å². The molecule has 0 saturated carbocycles. The molecule has 0 aliphatic rings. The van der Waals surface area contributed by atoms with Crippen LogP contribution in [0, 0.1) is 0 Å². The molecule has 0 unspecified atom stereocenters. The SMILES string of the molecule is CCC(=O)NC=NC=O. The van der Waals surface area contributed by atoms with Crippen molar-refractivity contribution in [1.82, 2.24) is 5.32 Å². The van der Waals surface area contributed by atoms with Crippen LogP contribution >= 0.6 is 0 Å². The molecule has 0 aromatic carbocycles. The van der Waals surface area contributed by atoms with E-state index in [1.54, 1.807) is 6.92 Å². The Labute approximate surface area is 53.0 Å². The summed E-state index contributed by atoms with van der Waals surface area (Å²) in [6.07, 6.45) is 1.82. The van der Waals surface area contributed by atoms with Crippen molar-refractivity contribution in [3.63, 3.8) is 0 Å². The predicted molar refractivity (Wildman–Crippen MR) is 33.0 cm³/mol. The summed E-state index contributed by atoms with van der Waals surface area (Å²) in [5, 5.41) is 2.27. The topological polar surface area (TPSA) is 58.5 Å². The van der Waals surface area contributed by atoms with Crippen LogP contribution < -0.4 is 5.32 Å². The van der Waals surface area contributed by atoms with Gasteiger partial charge in [0.2, 0.25) is 12.3 Å². The van der Waals surface area contributed by atoms with Crippen LogP contribution in [0.5, 0.6) is 0 Å². The van der Waals surface area contributed by atoms with Crippen LogP contribution in [0.25, 0.3) is 0 Å². The van der Waals surface area contributed by atoms with Gasteiger partial charge in [-0.3, -0.25) is 9.59 Å². The lowest BCUT2D eigenvalue weighted by Crippen LogP contribution is -2.19. The second kappa shape index (κ2) is 4.96. The van der Waals surface area contributed by atoms with E-state index >= 15 is 0 Å². The van der Waals surface area contributed by atoms with Crippen molar-refractivity contribution in [2.75, 3.05) is 0 Å². The molecular weight excluding hydrogens is 120 g/mol. The summed E-state index contributed by atoms with van der Waals surface area (Å²) in [6.45, 7) is 1.71. The first kappa shape index (κ1) is 7.81. The lowest BCUT2D eigenvalue weighted by molar-refractivity contribution is -0.119. The summed E-state index contributed by atoms with van der Waals surface area (Å²) < 4.78 is 0. The van der Waals surface area contributed by atoms with E-state index in [1.807, 2.05) is 0 Å². The highest BCUT2D eigenvalue weighted by Gasteiger charge is 1.88. The third kappa shape index (κ3) is 4.67. The van der Waals surface area contributed by atoms with Crippen molar-refractivity contribution >= 4 is 18.7 Å². The number of aliphatic imine (C=N–C) groups is 1. The van der Waals surface area contributed by atoms with Crippen molar-refractivity contribution in [2.45, 2.75) is 13.3 Å². The van der Waals surface area contributed by atoms with Gasteiger partial charge in [0.15, 0.2) is 0 Å². The van der Waals surface area contributed by atoms with Gasteiger partial charge in [0.05, 0.1) is 6.34 Å². The zero-order valence-corrected chi connectivity index (χ0v) is 5.13. The highest BCUT2D eigenvalue weighted by Crippen LogP contribution is 1.69. The van der Waals surface area contributed by atoms with Crippen molar-refractivity contribution in [2.24, 2.45) is 4.99 Å². The number of carbonyl (C=O) groups is 2. The third-order valence-electron chi connectivity index (χ3n) is 0.682. The Hall–Kier alpha value is -1.19. The molecule has 0 rings (SSSR count). The molecule has 0 aromatic rings. The second-order valence-electron chi connectivity index (χ2n) is 1.30. The van der Waals surface area contributed by atoms with E-state index in [0.717, 1.165) is 6.34 Å². The summed E-state index contributed by atoms with van der Waals surface area (Å²) in [4.78, 5) is 23.0. The van der Waals surface area contributed by atoms with Gasteiger partial charge in [-0.2, -0.15) is 0 Å². The van der Waals surface area contributed by atoms with Crippen LogP contribution in [0.1, 0.15) is 13.3 Å². The van der Waals surface area contributed by atoms with Crippen molar-refractivity contribution in [3.8, 4) is 0 Å². The van der Waals surface area contributed by atoms with E-state index in [2.05, 4.69) is 10.3 Å². The molecule has 0 aliphatic carbocycles. The summed E-state index contributed by atoms with van der Waals surface area (Å²) in [7, 11) is 0. The van der Waals surface area contributed by atoms with Gasteiger partial charge in [0, 0.05) is 6.42 Å². The Bertz CT molecular complexity index is 131. The molecule has 2 amide bonds. The van der Waals surface area contributed by atoms with Gasteiger partial charge in [0.25, 0.3) is 0 Å². The average molecular weight is 128 g/mol. The largest absolute Gasteiger partial charge is 0.317 e. The Kier molecular flexibility index (Phi) is 4.30. The lowest BCUT2D eigenvalue weighted by atomic mass is 10.5. The number of nitrogens with one attached hydrogen (secondary N) is 1. The molecule has 50 valence electrons. The minimum Gasteiger partial charge on any atom is -0.317 e. The Morgan fingerprint density at radius 1 is 1.78 bits per heavy atom. The third-order valence-corrected chi connectivity index (χ3v) is 0.682. The van der Waals surface area contributed by atoms with Gasteiger partial charge in [-0.05, 0) is 0 Å². The quantitative estimate of drug-likeness (QED) is 0.322. The monoisotopic (exact) mass is 128 g/mol. The highest BCUT2D eigenvalue weighted by atomic mass is 16.1. The molecule has 0 saturated heterocycles. The molecule has 0 fully saturated rings. The minimum absolute atomic E-state index is 0.152. The van der Waals surface area contributed by atoms with Crippen LogP contribution in [-0.4, -0.2) is 18.7 Å². The predicted octanol–water partition coefficient (Wildman–Crippen LogP) is -0.303. The molecule has 0 heterocycles. The molecule has 0 atom stereocenters. The first-order valence-corrected chi connectivity index (χ1v) is 2.56. The molecule has 0 aliphatic heterocycles. The minimum atomic E-state index is -0.152. The maximum absolute atomic E-state index is 10.4. The highest BCUT2D eigenvalue weighted by molar-refractivity contribution is 5.88.